The van der Waals surface area contributed by atoms with Gasteiger partial charge in [0.05, 0.1) is 30.2 Å². The summed E-state index contributed by atoms with van der Waals surface area (Å²) in [5.41, 5.74) is 3.51. The van der Waals surface area contributed by atoms with Gasteiger partial charge in [-0.1, -0.05) is 49.7 Å². The van der Waals surface area contributed by atoms with Crippen LogP contribution in [0.15, 0.2) is 45.6 Å². The third-order valence-electron chi connectivity index (χ3n) is 6.93. The lowest BCUT2D eigenvalue weighted by Crippen LogP contribution is -2.42. The average Bonchev–Trinajstić information content (AvgIpc) is 3.11. The second kappa shape index (κ2) is 9.17. The van der Waals surface area contributed by atoms with Crippen LogP contribution in [0.2, 0.25) is 5.02 Å². The van der Waals surface area contributed by atoms with E-state index in [1.165, 1.54) is 5.56 Å². The Morgan fingerprint density at radius 3 is 2.44 bits per heavy atom. The number of carbonyl (C=O) groups is 1. The molecular weight excluding hydrogens is 452 g/mol. The van der Waals surface area contributed by atoms with Gasteiger partial charge in [0, 0.05) is 31.2 Å². The molecule has 1 saturated heterocycles. The molecule has 1 unspecified atom stereocenters. The number of aryl methyl sites for hydroxylation is 1. The van der Waals surface area contributed by atoms with Crippen LogP contribution in [0.25, 0.3) is 11.0 Å². The van der Waals surface area contributed by atoms with Crippen LogP contribution in [0.3, 0.4) is 0 Å². The molecule has 2 aromatic carbocycles. The molecule has 0 radical (unpaired) electrons. The minimum atomic E-state index is -0.495. The van der Waals surface area contributed by atoms with Crippen LogP contribution >= 0.6 is 11.6 Å². The molecule has 0 aliphatic carbocycles. The molecule has 0 bridgehead atoms. The summed E-state index contributed by atoms with van der Waals surface area (Å²) in [6.45, 7) is 10.4. The molecule has 0 spiro atoms. The summed E-state index contributed by atoms with van der Waals surface area (Å²) in [4.78, 5) is 31.4. The van der Waals surface area contributed by atoms with Crippen molar-refractivity contribution in [3.05, 3.63) is 79.7 Å². The fraction of sp³-hybridized carbons (Fsp3) is 0.407. The molecule has 1 fully saturated rings. The zero-order valence-electron chi connectivity index (χ0n) is 19.8. The van der Waals surface area contributed by atoms with Crippen molar-refractivity contribution in [3.63, 3.8) is 0 Å². The third-order valence-corrected chi connectivity index (χ3v) is 7.33. The summed E-state index contributed by atoms with van der Waals surface area (Å²) in [6, 6.07) is 11.1. The van der Waals surface area contributed by atoms with Crippen LogP contribution in [-0.2, 0) is 4.74 Å². The van der Waals surface area contributed by atoms with E-state index in [0.717, 1.165) is 24.2 Å². The standard InChI is InChI=1S/C27H29ClN2O4/c1-16(2)18-4-6-19(7-5-18)24-23-25(31)20-15-21(28)17(3)14-22(20)34-26(23)27(32)30(24)9-8-29-10-12-33-13-11-29/h4-7,14-16,24H,8-13H2,1-3H3. The van der Waals surface area contributed by atoms with Crippen LogP contribution in [0.5, 0.6) is 0 Å². The highest BCUT2D eigenvalue weighted by Crippen LogP contribution is 2.39. The number of amides is 1. The molecule has 178 valence electrons. The van der Waals surface area contributed by atoms with Crippen molar-refractivity contribution in [2.75, 3.05) is 39.4 Å². The topological polar surface area (TPSA) is 63.0 Å². The molecule has 34 heavy (non-hydrogen) atoms. The van der Waals surface area contributed by atoms with Crippen molar-refractivity contribution in [1.29, 1.82) is 0 Å². The molecule has 1 aromatic heterocycles. The Bertz CT molecular complexity index is 1290. The van der Waals surface area contributed by atoms with Crippen LogP contribution in [-0.4, -0.2) is 55.1 Å². The van der Waals surface area contributed by atoms with E-state index >= 15 is 0 Å². The zero-order chi connectivity index (χ0) is 24.0. The first-order chi connectivity index (χ1) is 16.3. The highest BCUT2D eigenvalue weighted by molar-refractivity contribution is 6.32. The maximum atomic E-state index is 13.7. The maximum Gasteiger partial charge on any atom is 0.290 e. The van der Waals surface area contributed by atoms with Crippen molar-refractivity contribution >= 4 is 28.5 Å². The number of ether oxygens (including phenoxy) is 1. The largest absolute Gasteiger partial charge is 0.450 e. The Hall–Kier alpha value is -2.67. The first kappa shape index (κ1) is 23.1. The Labute approximate surface area is 204 Å². The summed E-state index contributed by atoms with van der Waals surface area (Å²) in [7, 11) is 0. The first-order valence-corrected chi connectivity index (χ1v) is 12.2. The van der Waals surface area contributed by atoms with Gasteiger partial charge in [-0.3, -0.25) is 14.5 Å². The molecule has 1 atom stereocenters. The van der Waals surface area contributed by atoms with Crippen LogP contribution in [0.1, 0.15) is 58.6 Å². The maximum absolute atomic E-state index is 13.7. The van der Waals surface area contributed by atoms with Gasteiger partial charge in [0.2, 0.25) is 5.76 Å². The van der Waals surface area contributed by atoms with Gasteiger partial charge in [-0.15, -0.1) is 0 Å². The van der Waals surface area contributed by atoms with E-state index in [4.69, 9.17) is 20.8 Å². The number of hydrogen-bond acceptors (Lipinski definition) is 5. The minimum Gasteiger partial charge on any atom is -0.450 e. The van der Waals surface area contributed by atoms with Gasteiger partial charge in [0.15, 0.2) is 5.43 Å². The highest BCUT2D eigenvalue weighted by Gasteiger charge is 2.42. The Morgan fingerprint density at radius 1 is 1.06 bits per heavy atom. The summed E-state index contributed by atoms with van der Waals surface area (Å²) in [5, 5.41) is 0.909. The number of benzene rings is 2. The van der Waals surface area contributed by atoms with Crippen molar-refractivity contribution in [2.45, 2.75) is 32.7 Å². The predicted molar refractivity (Wildman–Crippen MR) is 133 cm³/mol. The molecule has 3 heterocycles. The van der Waals surface area contributed by atoms with E-state index in [1.54, 1.807) is 17.0 Å². The molecule has 3 aromatic rings. The van der Waals surface area contributed by atoms with Crippen LogP contribution in [0.4, 0.5) is 0 Å². The number of halogens is 1. The smallest absolute Gasteiger partial charge is 0.290 e. The monoisotopic (exact) mass is 480 g/mol. The second-order valence-electron chi connectivity index (χ2n) is 9.45. The van der Waals surface area contributed by atoms with Gasteiger partial charge >= 0.3 is 0 Å². The van der Waals surface area contributed by atoms with Gasteiger partial charge in [0.1, 0.15) is 5.58 Å². The van der Waals surface area contributed by atoms with E-state index < -0.39 is 6.04 Å². The van der Waals surface area contributed by atoms with Gasteiger partial charge < -0.3 is 14.1 Å². The van der Waals surface area contributed by atoms with Gasteiger partial charge in [0.25, 0.3) is 5.91 Å². The molecule has 7 heteroatoms. The Morgan fingerprint density at radius 2 is 1.76 bits per heavy atom. The number of nitrogens with zero attached hydrogens (tertiary/aromatic N) is 2. The third kappa shape index (κ3) is 4.04. The Balaban J connectivity index is 1.61. The lowest BCUT2D eigenvalue weighted by molar-refractivity contribution is 0.0314. The molecule has 2 aliphatic rings. The number of fused-ring (bicyclic) bond motifs is 2. The molecule has 2 aliphatic heterocycles. The number of rotatable bonds is 5. The lowest BCUT2D eigenvalue weighted by Gasteiger charge is -2.31. The number of morpholine rings is 1. The minimum absolute atomic E-state index is 0.138. The second-order valence-corrected chi connectivity index (χ2v) is 9.86. The van der Waals surface area contributed by atoms with E-state index in [9.17, 15) is 9.59 Å². The van der Waals surface area contributed by atoms with Crippen molar-refractivity contribution < 1.29 is 13.9 Å². The zero-order valence-corrected chi connectivity index (χ0v) is 20.5. The average molecular weight is 481 g/mol. The fourth-order valence-electron chi connectivity index (χ4n) is 4.86. The van der Waals surface area contributed by atoms with E-state index in [1.807, 2.05) is 19.1 Å². The highest BCUT2D eigenvalue weighted by atomic mass is 35.5. The van der Waals surface area contributed by atoms with Gasteiger partial charge in [-0.25, -0.2) is 0 Å². The first-order valence-electron chi connectivity index (χ1n) is 11.8. The SMILES string of the molecule is Cc1cc2oc3c(c(=O)c2cc1Cl)C(c1ccc(C(C)C)cc1)N(CCN1CCOCC1)C3=O. The summed E-state index contributed by atoms with van der Waals surface area (Å²) < 4.78 is 11.5. The lowest BCUT2D eigenvalue weighted by atomic mass is 9.95. The summed E-state index contributed by atoms with van der Waals surface area (Å²) in [6.07, 6.45) is 0. The van der Waals surface area contributed by atoms with Gasteiger partial charge in [-0.2, -0.15) is 0 Å². The molecule has 5 rings (SSSR count). The summed E-state index contributed by atoms with van der Waals surface area (Å²) >= 11 is 6.33. The number of carbonyl (C=O) groups excluding carboxylic acids is 1. The van der Waals surface area contributed by atoms with Crippen molar-refractivity contribution in [1.82, 2.24) is 9.80 Å². The van der Waals surface area contributed by atoms with E-state index in [-0.39, 0.29) is 17.1 Å². The molecule has 1 amide bonds. The predicted octanol–water partition coefficient (Wildman–Crippen LogP) is 4.76. The fourth-order valence-corrected chi connectivity index (χ4v) is 5.02. The molecule has 0 saturated carbocycles. The van der Waals surface area contributed by atoms with E-state index in [0.29, 0.717) is 53.8 Å². The molecular formula is C27H29ClN2O4. The van der Waals surface area contributed by atoms with Crippen molar-refractivity contribution in [3.8, 4) is 0 Å². The quantitative estimate of drug-likeness (QED) is 0.527. The number of hydrogen-bond donors (Lipinski definition) is 0. The molecule has 0 N–H and O–H groups in total. The van der Waals surface area contributed by atoms with Crippen LogP contribution < -0.4 is 5.43 Å². The summed E-state index contributed by atoms with van der Waals surface area (Å²) in [5.74, 6) is 0.287. The molecule has 6 nitrogen and oxygen atoms in total. The van der Waals surface area contributed by atoms with E-state index in [2.05, 4.69) is 30.9 Å². The Kier molecular flexibility index (Phi) is 6.23. The van der Waals surface area contributed by atoms with Crippen LogP contribution in [0, 0.1) is 6.92 Å². The normalized spacial score (nSPS) is 18.8. The van der Waals surface area contributed by atoms with Crippen molar-refractivity contribution in [2.24, 2.45) is 0 Å². The van der Waals surface area contributed by atoms with Gasteiger partial charge in [-0.05, 0) is 41.7 Å².